The molecule has 1 spiro atoms. The molecule has 17 heavy (non-hydrogen) atoms. The van der Waals surface area contributed by atoms with Crippen LogP contribution in [0.5, 0.6) is 0 Å². The summed E-state index contributed by atoms with van der Waals surface area (Å²) in [5.74, 6) is 2.76. The predicted molar refractivity (Wildman–Crippen MR) is 71.8 cm³/mol. The molecule has 0 amide bonds. The zero-order valence-corrected chi connectivity index (χ0v) is 11.5. The summed E-state index contributed by atoms with van der Waals surface area (Å²) in [5, 5.41) is 0. The fraction of sp³-hybridized carbons (Fsp3) is 1.00. The SMILES string of the molecule is CN(C)C[C@H]1CCC[C@]2(C1)[C@@H]1CC[C@@H](C1)[C@H]2N. The molecular formula is C15H28N2. The Bertz CT molecular complexity index is 285. The second-order valence-electron chi connectivity index (χ2n) is 7.25. The Morgan fingerprint density at radius 1 is 1.24 bits per heavy atom. The molecule has 0 saturated heterocycles. The Hall–Kier alpha value is -0.0800. The number of fused-ring (bicyclic) bond motifs is 3. The zero-order valence-electron chi connectivity index (χ0n) is 11.5. The van der Waals surface area contributed by atoms with Crippen molar-refractivity contribution in [3.8, 4) is 0 Å². The van der Waals surface area contributed by atoms with E-state index < -0.39 is 0 Å². The smallest absolute Gasteiger partial charge is 0.0127 e. The van der Waals surface area contributed by atoms with E-state index in [0.717, 1.165) is 17.8 Å². The molecule has 0 aromatic heterocycles. The molecule has 2 N–H and O–H groups in total. The van der Waals surface area contributed by atoms with Gasteiger partial charge in [-0.2, -0.15) is 0 Å². The van der Waals surface area contributed by atoms with Gasteiger partial charge in [0.25, 0.3) is 0 Å². The summed E-state index contributed by atoms with van der Waals surface area (Å²) in [6.07, 6.45) is 10.1. The van der Waals surface area contributed by atoms with Crippen LogP contribution in [0.3, 0.4) is 0 Å². The van der Waals surface area contributed by atoms with Gasteiger partial charge in [-0.25, -0.2) is 0 Å². The summed E-state index contributed by atoms with van der Waals surface area (Å²) in [5.41, 5.74) is 7.17. The van der Waals surface area contributed by atoms with Gasteiger partial charge < -0.3 is 10.6 Å². The highest BCUT2D eigenvalue weighted by Crippen LogP contribution is 2.61. The Balaban J connectivity index is 1.74. The van der Waals surface area contributed by atoms with Crippen molar-refractivity contribution in [1.29, 1.82) is 0 Å². The van der Waals surface area contributed by atoms with Gasteiger partial charge in [0.2, 0.25) is 0 Å². The van der Waals surface area contributed by atoms with Crippen LogP contribution in [0.4, 0.5) is 0 Å². The Morgan fingerprint density at radius 2 is 2.06 bits per heavy atom. The first-order valence-corrected chi connectivity index (χ1v) is 7.52. The molecule has 0 aromatic rings. The molecule has 3 aliphatic rings. The van der Waals surface area contributed by atoms with Crippen LogP contribution in [0.15, 0.2) is 0 Å². The minimum atomic E-state index is 0.534. The molecule has 2 heteroatoms. The van der Waals surface area contributed by atoms with Crippen LogP contribution < -0.4 is 5.73 Å². The van der Waals surface area contributed by atoms with Gasteiger partial charge >= 0.3 is 0 Å². The molecule has 0 unspecified atom stereocenters. The van der Waals surface area contributed by atoms with E-state index in [0.29, 0.717) is 11.5 Å². The van der Waals surface area contributed by atoms with E-state index in [9.17, 15) is 0 Å². The van der Waals surface area contributed by atoms with E-state index in [-0.39, 0.29) is 0 Å². The van der Waals surface area contributed by atoms with Gasteiger partial charge in [0.05, 0.1) is 0 Å². The van der Waals surface area contributed by atoms with E-state index in [1.165, 1.54) is 51.5 Å². The number of nitrogens with zero attached hydrogens (tertiary/aromatic N) is 1. The van der Waals surface area contributed by atoms with Crippen LogP contribution in [-0.4, -0.2) is 31.6 Å². The lowest BCUT2D eigenvalue weighted by atomic mass is 9.59. The van der Waals surface area contributed by atoms with Crippen molar-refractivity contribution in [3.63, 3.8) is 0 Å². The average Bonchev–Trinajstić information content (AvgIpc) is 2.83. The molecule has 0 aromatic carbocycles. The van der Waals surface area contributed by atoms with E-state index in [4.69, 9.17) is 5.73 Å². The molecule has 5 atom stereocenters. The Kier molecular flexibility index (Phi) is 2.99. The summed E-state index contributed by atoms with van der Waals surface area (Å²) in [4.78, 5) is 2.36. The topological polar surface area (TPSA) is 29.3 Å². The molecule has 3 rings (SSSR count). The summed E-state index contributed by atoms with van der Waals surface area (Å²) >= 11 is 0. The molecule has 3 aliphatic carbocycles. The highest BCUT2D eigenvalue weighted by Gasteiger charge is 2.57. The van der Waals surface area contributed by atoms with Gasteiger partial charge in [0.1, 0.15) is 0 Å². The maximum atomic E-state index is 6.61. The van der Waals surface area contributed by atoms with Crippen molar-refractivity contribution in [1.82, 2.24) is 4.90 Å². The highest BCUT2D eigenvalue weighted by atomic mass is 15.1. The monoisotopic (exact) mass is 236 g/mol. The molecular weight excluding hydrogens is 208 g/mol. The van der Waals surface area contributed by atoms with Crippen LogP contribution in [0, 0.1) is 23.2 Å². The normalized spacial score (nSPS) is 49.4. The second-order valence-corrected chi connectivity index (χ2v) is 7.25. The van der Waals surface area contributed by atoms with E-state index in [2.05, 4.69) is 19.0 Å². The number of rotatable bonds is 2. The number of nitrogens with two attached hydrogens (primary N) is 1. The molecule has 2 bridgehead atoms. The molecule has 3 fully saturated rings. The first-order chi connectivity index (χ1) is 8.12. The van der Waals surface area contributed by atoms with Crippen molar-refractivity contribution in [2.45, 2.75) is 51.0 Å². The van der Waals surface area contributed by atoms with Gasteiger partial charge in [0.15, 0.2) is 0 Å². The number of hydrogen-bond donors (Lipinski definition) is 1. The van der Waals surface area contributed by atoms with Crippen molar-refractivity contribution < 1.29 is 0 Å². The summed E-state index contributed by atoms with van der Waals surface area (Å²) in [6, 6.07) is 0.534. The first kappa shape index (κ1) is 12.0. The van der Waals surface area contributed by atoms with Crippen LogP contribution in [-0.2, 0) is 0 Å². The van der Waals surface area contributed by atoms with Gasteiger partial charge in [-0.05, 0) is 75.8 Å². The van der Waals surface area contributed by atoms with Crippen molar-refractivity contribution in [2.24, 2.45) is 28.9 Å². The quantitative estimate of drug-likeness (QED) is 0.798. The molecule has 0 radical (unpaired) electrons. The third kappa shape index (κ3) is 1.84. The van der Waals surface area contributed by atoms with Crippen molar-refractivity contribution >= 4 is 0 Å². The van der Waals surface area contributed by atoms with Crippen LogP contribution >= 0.6 is 0 Å². The molecule has 3 saturated carbocycles. The van der Waals surface area contributed by atoms with Gasteiger partial charge in [-0.3, -0.25) is 0 Å². The van der Waals surface area contributed by atoms with E-state index in [1.54, 1.807) is 0 Å². The Morgan fingerprint density at radius 3 is 2.71 bits per heavy atom. The summed E-state index contributed by atoms with van der Waals surface area (Å²) in [7, 11) is 4.42. The lowest BCUT2D eigenvalue weighted by molar-refractivity contribution is 0.0407. The number of hydrogen-bond acceptors (Lipinski definition) is 2. The standard InChI is InChI=1S/C15H28N2/c1-17(2)10-11-4-3-7-15(9-11)13-6-5-12(8-13)14(15)16/h11-14H,3-10,16H2,1-2H3/t11-,12-,13+,14+,15-/m0/s1. The van der Waals surface area contributed by atoms with E-state index in [1.807, 2.05) is 0 Å². The lowest BCUT2D eigenvalue weighted by Crippen LogP contribution is -2.49. The van der Waals surface area contributed by atoms with Crippen LogP contribution in [0.25, 0.3) is 0 Å². The van der Waals surface area contributed by atoms with Crippen LogP contribution in [0.1, 0.15) is 44.9 Å². The lowest BCUT2D eigenvalue weighted by Gasteiger charge is -2.48. The zero-order chi connectivity index (χ0) is 12.0. The molecule has 98 valence electrons. The third-order valence-electron chi connectivity index (χ3n) is 6.00. The van der Waals surface area contributed by atoms with Gasteiger partial charge in [-0.15, -0.1) is 0 Å². The fourth-order valence-electron chi connectivity index (χ4n) is 5.41. The minimum Gasteiger partial charge on any atom is -0.327 e. The van der Waals surface area contributed by atoms with E-state index >= 15 is 0 Å². The van der Waals surface area contributed by atoms with Crippen molar-refractivity contribution in [2.75, 3.05) is 20.6 Å². The molecule has 0 aliphatic heterocycles. The fourth-order valence-corrected chi connectivity index (χ4v) is 5.41. The second kappa shape index (κ2) is 4.24. The summed E-state index contributed by atoms with van der Waals surface area (Å²) < 4.78 is 0. The predicted octanol–water partition coefficient (Wildman–Crippen LogP) is 2.48. The van der Waals surface area contributed by atoms with Gasteiger partial charge in [0, 0.05) is 12.6 Å². The van der Waals surface area contributed by atoms with Crippen LogP contribution in [0.2, 0.25) is 0 Å². The molecule has 0 heterocycles. The largest absolute Gasteiger partial charge is 0.327 e. The minimum absolute atomic E-state index is 0.534. The maximum absolute atomic E-state index is 6.61. The molecule has 2 nitrogen and oxygen atoms in total. The Labute approximate surface area is 106 Å². The maximum Gasteiger partial charge on any atom is 0.0127 e. The summed E-state index contributed by atoms with van der Waals surface area (Å²) in [6.45, 7) is 1.27. The third-order valence-corrected chi connectivity index (χ3v) is 6.00. The highest BCUT2D eigenvalue weighted by molar-refractivity contribution is 5.10. The average molecular weight is 236 g/mol. The van der Waals surface area contributed by atoms with Crippen molar-refractivity contribution in [3.05, 3.63) is 0 Å². The van der Waals surface area contributed by atoms with Gasteiger partial charge in [-0.1, -0.05) is 6.42 Å². The first-order valence-electron chi connectivity index (χ1n) is 7.52.